The lowest BCUT2D eigenvalue weighted by Gasteiger charge is -2.27. The van der Waals surface area contributed by atoms with E-state index in [4.69, 9.17) is 0 Å². The van der Waals surface area contributed by atoms with Crippen LogP contribution < -0.4 is 10.6 Å². The molecule has 1 fully saturated rings. The van der Waals surface area contributed by atoms with E-state index in [0.717, 1.165) is 18.8 Å². The molecule has 0 bridgehead atoms. The van der Waals surface area contributed by atoms with Crippen molar-refractivity contribution in [2.24, 2.45) is 0 Å². The third kappa shape index (κ3) is 2.24. The van der Waals surface area contributed by atoms with Crippen molar-refractivity contribution >= 4 is 24.0 Å². The van der Waals surface area contributed by atoms with Gasteiger partial charge in [0.05, 0.1) is 17.9 Å². The molecule has 1 aromatic rings. The summed E-state index contributed by atoms with van der Waals surface area (Å²) in [5.74, 6) is -0.0636. The van der Waals surface area contributed by atoms with Crippen LogP contribution in [0.1, 0.15) is 13.0 Å². The highest BCUT2D eigenvalue weighted by Gasteiger charge is 2.19. The summed E-state index contributed by atoms with van der Waals surface area (Å²) in [6, 6.07) is 0.447. The van der Waals surface area contributed by atoms with Crippen LogP contribution in [0.5, 0.6) is 0 Å². The lowest BCUT2D eigenvalue weighted by Crippen LogP contribution is -2.43. The van der Waals surface area contributed by atoms with Gasteiger partial charge in [0.1, 0.15) is 0 Å². The van der Waals surface area contributed by atoms with Crippen LogP contribution in [-0.4, -0.2) is 28.8 Å². The highest BCUT2D eigenvalue weighted by atomic mass is 35.5. The standard InChI is InChI=1S/C8H12N4O.ClH/c1-6(13)11-7-2-10-12(5-7)8-3-9-4-8;/h2,5,8-9H,3-4H2,1H3,(H,11,13);1H. The van der Waals surface area contributed by atoms with Gasteiger partial charge < -0.3 is 10.6 Å². The first-order chi connectivity index (χ1) is 6.25. The van der Waals surface area contributed by atoms with Crippen LogP contribution in [0.25, 0.3) is 0 Å². The maximum absolute atomic E-state index is 10.7. The van der Waals surface area contributed by atoms with E-state index in [1.807, 2.05) is 10.9 Å². The molecule has 0 atom stereocenters. The van der Waals surface area contributed by atoms with Crippen LogP contribution in [0, 0.1) is 0 Å². The Morgan fingerprint density at radius 1 is 1.71 bits per heavy atom. The van der Waals surface area contributed by atoms with Gasteiger partial charge in [-0.25, -0.2) is 0 Å². The fourth-order valence-electron chi connectivity index (χ4n) is 1.27. The number of aromatic nitrogens is 2. The molecule has 1 aliphatic rings. The molecule has 2 heterocycles. The first kappa shape index (κ1) is 11.0. The molecule has 0 saturated carbocycles. The Hall–Kier alpha value is -1.07. The van der Waals surface area contributed by atoms with E-state index >= 15 is 0 Å². The van der Waals surface area contributed by atoms with Gasteiger partial charge in [-0.1, -0.05) is 0 Å². The van der Waals surface area contributed by atoms with Crippen LogP contribution in [-0.2, 0) is 4.79 Å². The fourth-order valence-corrected chi connectivity index (χ4v) is 1.27. The van der Waals surface area contributed by atoms with E-state index in [-0.39, 0.29) is 18.3 Å². The largest absolute Gasteiger partial charge is 0.324 e. The minimum absolute atomic E-state index is 0. The molecule has 0 radical (unpaired) electrons. The number of nitrogens with zero attached hydrogens (tertiary/aromatic N) is 2. The topological polar surface area (TPSA) is 59.0 Å². The Labute approximate surface area is 88.3 Å². The fraction of sp³-hybridized carbons (Fsp3) is 0.500. The van der Waals surface area contributed by atoms with Crippen LogP contribution in [0.4, 0.5) is 5.69 Å². The van der Waals surface area contributed by atoms with Crippen LogP contribution in [0.2, 0.25) is 0 Å². The maximum Gasteiger partial charge on any atom is 0.221 e. The Morgan fingerprint density at radius 2 is 2.43 bits per heavy atom. The second kappa shape index (κ2) is 4.43. The number of anilines is 1. The second-order valence-corrected chi connectivity index (χ2v) is 3.20. The number of hydrogen-bond donors (Lipinski definition) is 2. The molecule has 1 saturated heterocycles. The summed E-state index contributed by atoms with van der Waals surface area (Å²) in [4.78, 5) is 10.7. The lowest BCUT2D eigenvalue weighted by atomic mass is 10.2. The summed E-state index contributed by atoms with van der Waals surface area (Å²) in [5.41, 5.74) is 0.763. The van der Waals surface area contributed by atoms with Crippen LogP contribution in [0.15, 0.2) is 12.4 Å². The van der Waals surface area contributed by atoms with Gasteiger partial charge in [-0.2, -0.15) is 5.10 Å². The highest BCUT2D eigenvalue weighted by Crippen LogP contribution is 2.13. The molecule has 2 N–H and O–H groups in total. The zero-order valence-corrected chi connectivity index (χ0v) is 8.67. The second-order valence-electron chi connectivity index (χ2n) is 3.20. The van der Waals surface area contributed by atoms with Gasteiger partial charge >= 0.3 is 0 Å². The average Bonchev–Trinajstić information content (AvgIpc) is 2.31. The Bertz CT molecular complexity index is 321. The average molecular weight is 217 g/mol. The molecule has 0 aromatic carbocycles. The van der Waals surface area contributed by atoms with Crippen molar-refractivity contribution in [2.75, 3.05) is 18.4 Å². The third-order valence-electron chi connectivity index (χ3n) is 2.06. The quantitative estimate of drug-likeness (QED) is 0.753. The van der Waals surface area contributed by atoms with Gasteiger partial charge in [0.15, 0.2) is 0 Å². The number of halogens is 1. The minimum atomic E-state index is -0.0636. The molecule has 0 unspecified atom stereocenters. The van der Waals surface area contributed by atoms with Crippen molar-refractivity contribution in [3.63, 3.8) is 0 Å². The van der Waals surface area contributed by atoms with Gasteiger partial charge in [0.25, 0.3) is 0 Å². The van der Waals surface area contributed by atoms with Crippen LogP contribution in [0.3, 0.4) is 0 Å². The molecule has 1 aliphatic heterocycles. The van der Waals surface area contributed by atoms with E-state index in [2.05, 4.69) is 15.7 Å². The van der Waals surface area contributed by atoms with Crippen molar-refractivity contribution in [1.29, 1.82) is 0 Å². The predicted octanol–water partition coefficient (Wildman–Crippen LogP) is 0.408. The number of amides is 1. The van der Waals surface area contributed by atoms with E-state index in [0.29, 0.717) is 6.04 Å². The number of rotatable bonds is 2. The van der Waals surface area contributed by atoms with Gasteiger partial charge in [-0.3, -0.25) is 9.48 Å². The molecule has 6 heteroatoms. The molecule has 5 nitrogen and oxygen atoms in total. The number of carbonyl (C=O) groups excluding carboxylic acids is 1. The van der Waals surface area contributed by atoms with Gasteiger partial charge in [0.2, 0.25) is 5.91 Å². The Balaban J connectivity index is 0.000000980. The molecule has 2 rings (SSSR count). The van der Waals surface area contributed by atoms with Gasteiger partial charge in [-0.15, -0.1) is 12.4 Å². The first-order valence-corrected chi connectivity index (χ1v) is 4.28. The van der Waals surface area contributed by atoms with Crippen LogP contribution >= 0.6 is 12.4 Å². The summed E-state index contributed by atoms with van der Waals surface area (Å²) < 4.78 is 1.88. The summed E-state index contributed by atoms with van der Waals surface area (Å²) in [7, 11) is 0. The van der Waals surface area contributed by atoms with Crippen molar-refractivity contribution < 1.29 is 4.79 Å². The molecule has 1 aromatic heterocycles. The molecule has 14 heavy (non-hydrogen) atoms. The summed E-state index contributed by atoms with van der Waals surface area (Å²) in [5, 5.41) is 10.0. The van der Waals surface area contributed by atoms with E-state index in [9.17, 15) is 4.79 Å². The summed E-state index contributed by atoms with van der Waals surface area (Å²) >= 11 is 0. The SMILES string of the molecule is CC(=O)Nc1cnn(C2CNC2)c1.Cl. The van der Waals surface area contributed by atoms with E-state index in [1.165, 1.54) is 6.92 Å². The molecular weight excluding hydrogens is 204 g/mol. The summed E-state index contributed by atoms with van der Waals surface area (Å²) in [6.07, 6.45) is 3.52. The minimum Gasteiger partial charge on any atom is -0.324 e. The van der Waals surface area contributed by atoms with Crippen molar-refractivity contribution in [1.82, 2.24) is 15.1 Å². The predicted molar refractivity (Wildman–Crippen MR) is 55.7 cm³/mol. The van der Waals surface area contributed by atoms with Gasteiger partial charge in [0, 0.05) is 26.2 Å². The zero-order valence-electron chi connectivity index (χ0n) is 7.86. The monoisotopic (exact) mass is 216 g/mol. The normalized spacial score (nSPS) is 15.5. The van der Waals surface area contributed by atoms with E-state index < -0.39 is 0 Å². The molecular formula is C8H13ClN4O. The smallest absolute Gasteiger partial charge is 0.221 e. The lowest BCUT2D eigenvalue weighted by molar-refractivity contribution is -0.114. The molecule has 1 amide bonds. The highest BCUT2D eigenvalue weighted by molar-refractivity contribution is 5.88. The number of carbonyl (C=O) groups is 1. The van der Waals surface area contributed by atoms with Crippen molar-refractivity contribution in [2.45, 2.75) is 13.0 Å². The molecule has 0 spiro atoms. The van der Waals surface area contributed by atoms with Crippen molar-refractivity contribution in [3.05, 3.63) is 12.4 Å². The van der Waals surface area contributed by atoms with Crippen molar-refractivity contribution in [3.8, 4) is 0 Å². The number of nitrogens with one attached hydrogen (secondary N) is 2. The first-order valence-electron chi connectivity index (χ1n) is 4.28. The number of hydrogen-bond acceptors (Lipinski definition) is 3. The Kier molecular flexibility index (Phi) is 3.49. The zero-order chi connectivity index (χ0) is 9.26. The molecule has 78 valence electrons. The maximum atomic E-state index is 10.7. The van der Waals surface area contributed by atoms with Gasteiger partial charge in [-0.05, 0) is 0 Å². The third-order valence-corrected chi connectivity index (χ3v) is 2.06. The van der Waals surface area contributed by atoms with E-state index in [1.54, 1.807) is 6.20 Å². The Morgan fingerprint density at radius 3 is 2.93 bits per heavy atom. The summed E-state index contributed by atoms with van der Waals surface area (Å²) in [6.45, 7) is 3.41. The molecule has 0 aliphatic carbocycles.